The van der Waals surface area contributed by atoms with E-state index in [1.807, 2.05) is 0 Å². The number of carbonyl (C=O) groups is 1. The summed E-state index contributed by atoms with van der Waals surface area (Å²) < 4.78 is 30.5. The van der Waals surface area contributed by atoms with Crippen LogP contribution >= 0.6 is 0 Å². The van der Waals surface area contributed by atoms with E-state index in [4.69, 9.17) is 4.42 Å². The average Bonchev–Trinajstić information content (AvgIpc) is 3.16. The van der Waals surface area contributed by atoms with E-state index in [2.05, 4.69) is 14.9 Å². The molecule has 8 nitrogen and oxygen atoms in total. The topological polar surface area (TPSA) is 108 Å². The van der Waals surface area contributed by atoms with E-state index in [0.29, 0.717) is 24.5 Å². The Balaban J connectivity index is 1.70. The molecule has 3 rings (SSSR count). The second kappa shape index (κ2) is 6.17. The van der Waals surface area contributed by atoms with Crippen molar-refractivity contribution in [2.24, 2.45) is 0 Å². The van der Waals surface area contributed by atoms with Crippen LogP contribution in [0.1, 0.15) is 23.3 Å². The first-order valence-electron chi connectivity index (χ1n) is 7.28. The van der Waals surface area contributed by atoms with Crippen molar-refractivity contribution < 1.29 is 17.6 Å². The monoisotopic (exact) mass is 338 g/mol. The number of furan rings is 1. The molecule has 0 aliphatic carbocycles. The van der Waals surface area contributed by atoms with Crippen LogP contribution in [0, 0.1) is 0 Å². The molecule has 1 aliphatic heterocycles. The highest BCUT2D eigenvalue weighted by Crippen LogP contribution is 2.20. The lowest BCUT2D eigenvalue weighted by atomic mass is 10.1. The predicted octanol–water partition coefficient (Wildman–Crippen LogP) is 0.823. The van der Waals surface area contributed by atoms with Crippen LogP contribution in [0.15, 0.2) is 28.9 Å². The Morgan fingerprint density at radius 2 is 2.35 bits per heavy atom. The van der Waals surface area contributed by atoms with Crippen LogP contribution in [0.25, 0.3) is 11.5 Å². The van der Waals surface area contributed by atoms with Crippen molar-refractivity contribution in [3.8, 4) is 11.5 Å². The van der Waals surface area contributed by atoms with E-state index < -0.39 is 10.0 Å². The maximum absolute atomic E-state index is 12.5. The van der Waals surface area contributed by atoms with Gasteiger partial charge in [0.2, 0.25) is 10.0 Å². The number of piperidine rings is 1. The second-order valence-corrected chi connectivity index (χ2v) is 7.40. The molecule has 2 N–H and O–H groups in total. The number of H-pyrrole nitrogens is 1. The van der Waals surface area contributed by atoms with E-state index in [9.17, 15) is 13.2 Å². The highest BCUT2D eigenvalue weighted by atomic mass is 32.2. The zero-order valence-electron chi connectivity index (χ0n) is 12.7. The van der Waals surface area contributed by atoms with Crippen molar-refractivity contribution in [3.05, 3.63) is 30.2 Å². The summed E-state index contributed by atoms with van der Waals surface area (Å²) in [5, 5.41) is 6.81. The minimum atomic E-state index is -3.29. The third kappa shape index (κ3) is 3.80. The predicted molar refractivity (Wildman–Crippen MR) is 83.2 cm³/mol. The van der Waals surface area contributed by atoms with Gasteiger partial charge in [-0.2, -0.15) is 5.10 Å². The van der Waals surface area contributed by atoms with E-state index >= 15 is 0 Å². The highest BCUT2D eigenvalue weighted by molar-refractivity contribution is 7.88. The summed E-state index contributed by atoms with van der Waals surface area (Å²) in [6.07, 6.45) is 4.13. The number of carbonyl (C=O) groups excluding carboxylic acids is 1. The first kappa shape index (κ1) is 15.8. The zero-order valence-corrected chi connectivity index (χ0v) is 13.5. The van der Waals surface area contributed by atoms with Crippen LogP contribution in [0.2, 0.25) is 0 Å². The van der Waals surface area contributed by atoms with Crippen LogP contribution in [0.5, 0.6) is 0 Å². The van der Waals surface area contributed by atoms with Gasteiger partial charge in [0.25, 0.3) is 5.91 Å². The lowest BCUT2D eigenvalue weighted by molar-refractivity contribution is 0.0697. The smallest absolute Gasteiger partial charge is 0.274 e. The van der Waals surface area contributed by atoms with E-state index in [0.717, 1.165) is 19.1 Å². The Morgan fingerprint density at radius 1 is 1.52 bits per heavy atom. The maximum Gasteiger partial charge on any atom is 0.274 e. The fraction of sp³-hybridized carbons (Fsp3) is 0.429. The lowest BCUT2D eigenvalue weighted by Crippen LogP contribution is -2.49. The summed E-state index contributed by atoms with van der Waals surface area (Å²) in [4.78, 5) is 14.1. The van der Waals surface area contributed by atoms with Crippen LogP contribution in [-0.2, 0) is 10.0 Å². The Kier molecular flexibility index (Phi) is 4.22. The minimum absolute atomic E-state index is 0.223. The summed E-state index contributed by atoms with van der Waals surface area (Å²) in [5.74, 6) is 0.380. The lowest BCUT2D eigenvalue weighted by Gasteiger charge is -2.32. The van der Waals surface area contributed by atoms with Crippen molar-refractivity contribution in [1.29, 1.82) is 0 Å². The third-order valence-electron chi connectivity index (χ3n) is 3.67. The van der Waals surface area contributed by atoms with Gasteiger partial charge in [0, 0.05) is 25.2 Å². The first-order valence-corrected chi connectivity index (χ1v) is 9.17. The van der Waals surface area contributed by atoms with Crippen LogP contribution < -0.4 is 4.72 Å². The molecule has 2 aromatic heterocycles. The maximum atomic E-state index is 12.5. The van der Waals surface area contributed by atoms with Gasteiger partial charge in [-0.15, -0.1) is 0 Å². The van der Waals surface area contributed by atoms with Crippen molar-refractivity contribution in [2.45, 2.75) is 18.9 Å². The van der Waals surface area contributed by atoms with Crippen molar-refractivity contribution in [1.82, 2.24) is 19.8 Å². The molecule has 1 atom stereocenters. The molecule has 1 fully saturated rings. The molecule has 1 saturated heterocycles. The van der Waals surface area contributed by atoms with Crippen molar-refractivity contribution in [2.75, 3.05) is 19.3 Å². The average molecular weight is 338 g/mol. The van der Waals surface area contributed by atoms with Gasteiger partial charge in [0.15, 0.2) is 11.5 Å². The standard InChI is InChI=1S/C14H18N4O4S/c1-23(20,21)17-10-4-2-6-18(9-10)14(19)12-8-11(15-16-12)13-5-3-7-22-13/h3,5,7-8,10,17H,2,4,6,9H2,1H3,(H,15,16)/t10-/m1/s1. The first-order chi connectivity index (χ1) is 10.9. The van der Waals surface area contributed by atoms with E-state index in [1.165, 1.54) is 0 Å². The summed E-state index contributed by atoms with van der Waals surface area (Å²) >= 11 is 0. The fourth-order valence-electron chi connectivity index (χ4n) is 2.71. The molecule has 124 valence electrons. The second-order valence-electron chi connectivity index (χ2n) is 5.62. The number of likely N-dealkylation sites (tertiary alicyclic amines) is 1. The molecule has 0 bridgehead atoms. The van der Waals surface area contributed by atoms with Gasteiger partial charge in [-0.1, -0.05) is 0 Å². The molecule has 0 saturated carbocycles. The molecule has 1 aliphatic rings. The summed E-state index contributed by atoms with van der Waals surface area (Å²) in [5.41, 5.74) is 0.914. The quantitative estimate of drug-likeness (QED) is 0.858. The Labute approximate surface area is 133 Å². The molecular formula is C14H18N4O4S. The molecule has 0 radical (unpaired) electrons. The van der Waals surface area contributed by atoms with Gasteiger partial charge in [-0.3, -0.25) is 9.89 Å². The van der Waals surface area contributed by atoms with Gasteiger partial charge in [0.1, 0.15) is 5.69 Å². The number of nitrogens with zero attached hydrogens (tertiary/aromatic N) is 2. The molecule has 9 heteroatoms. The SMILES string of the molecule is CS(=O)(=O)N[C@@H]1CCCN(C(=O)c2cc(-c3ccco3)[nH]n2)C1. The molecule has 1 amide bonds. The molecule has 2 aromatic rings. The summed E-state index contributed by atoms with van der Waals surface area (Å²) in [7, 11) is -3.29. The van der Waals surface area contributed by atoms with Gasteiger partial charge in [-0.25, -0.2) is 13.1 Å². The Morgan fingerprint density at radius 3 is 3.04 bits per heavy atom. The molecule has 23 heavy (non-hydrogen) atoms. The van der Waals surface area contributed by atoms with Crippen LogP contribution in [-0.4, -0.2) is 54.8 Å². The van der Waals surface area contributed by atoms with Crippen molar-refractivity contribution in [3.63, 3.8) is 0 Å². The normalized spacial score (nSPS) is 19.0. The molecule has 0 aromatic carbocycles. The van der Waals surface area contributed by atoms with E-state index in [-0.39, 0.29) is 17.6 Å². The number of hydrogen-bond donors (Lipinski definition) is 2. The van der Waals surface area contributed by atoms with Crippen molar-refractivity contribution >= 4 is 15.9 Å². The van der Waals surface area contributed by atoms with Gasteiger partial charge in [0.05, 0.1) is 12.5 Å². The van der Waals surface area contributed by atoms with Gasteiger partial charge >= 0.3 is 0 Å². The number of aromatic nitrogens is 2. The van der Waals surface area contributed by atoms with Crippen LogP contribution in [0.4, 0.5) is 0 Å². The molecule has 0 spiro atoms. The highest BCUT2D eigenvalue weighted by Gasteiger charge is 2.27. The van der Waals surface area contributed by atoms with E-state index in [1.54, 1.807) is 29.4 Å². The van der Waals surface area contributed by atoms with Gasteiger partial charge in [-0.05, 0) is 25.0 Å². The number of amides is 1. The Hall–Kier alpha value is -2.13. The zero-order chi connectivity index (χ0) is 16.4. The third-order valence-corrected chi connectivity index (χ3v) is 4.43. The van der Waals surface area contributed by atoms with Gasteiger partial charge < -0.3 is 9.32 Å². The minimum Gasteiger partial charge on any atom is -0.463 e. The summed E-state index contributed by atoms with van der Waals surface area (Å²) in [6, 6.07) is 4.90. The van der Waals surface area contributed by atoms with Crippen LogP contribution in [0.3, 0.4) is 0 Å². The Bertz CT molecular complexity index is 782. The number of sulfonamides is 1. The number of aromatic amines is 1. The molecule has 0 unspecified atom stereocenters. The number of hydrogen-bond acceptors (Lipinski definition) is 5. The fourth-order valence-corrected chi connectivity index (χ4v) is 3.51. The largest absolute Gasteiger partial charge is 0.463 e. The molecular weight excluding hydrogens is 320 g/mol. The number of nitrogens with one attached hydrogen (secondary N) is 2. The molecule has 3 heterocycles. The summed E-state index contributed by atoms with van der Waals surface area (Å²) in [6.45, 7) is 0.929. The number of rotatable bonds is 4.